The number of hydrogen-bond donors (Lipinski definition) is 0. The summed E-state index contributed by atoms with van der Waals surface area (Å²) in [6, 6.07) is 22.0. The number of nitriles is 1. The van der Waals surface area contributed by atoms with Crippen LogP contribution >= 0.6 is 54.5 Å². The molecule has 4 heterocycles. The summed E-state index contributed by atoms with van der Waals surface area (Å²) in [6.45, 7) is 3.80. The van der Waals surface area contributed by atoms with Crippen LogP contribution in [0.3, 0.4) is 0 Å². The lowest BCUT2D eigenvalue weighted by Gasteiger charge is -2.09. The van der Waals surface area contributed by atoms with Gasteiger partial charge in [0, 0.05) is 32.1 Å². The van der Waals surface area contributed by atoms with Gasteiger partial charge >= 0.3 is 0 Å². The predicted octanol–water partition coefficient (Wildman–Crippen LogP) is 7.16. The van der Waals surface area contributed by atoms with Crippen LogP contribution in [0.25, 0.3) is 22.1 Å². The average Bonchev–Trinajstić information content (AvgIpc) is 3.53. The molecule has 218 valence electrons. The monoisotopic (exact) mass is 851 g/mol. The van der Waals surface area contributed by atoms with Crippen molar-refractivity contribution in [3.63, 3.8) is 0 Å². The fourth-order valence-corrected chi connectivity index (χ4v) is 9.14. The van der Waals surface area contributed by atoms with Crippen LogP contribution in [0.2, 0.25) is 0 Å². The molecule has 0 N–H and O–H groups in total. The number of aryl methyl sites for hydroxylation is 2. The van der Waals surface area contributed by atoms with Crippen LogP contribution in [0.15, 0.2) is 104 Å². The average molecular weight is 853 g/mol. The van der Waals surface area contributed by atoms with Crippen molar-refractivity contribution < 1.29 is 16.8 Å². The van der Waals surface area contributed by atoms with Crippen molar-refractivity contribution in [2.24, 2.45) is 0 Å². The van der Waals surface area contributed by atoms with E-state index in [-0.39, 0.29) is 21.1 Å². The summed E-state index contributed by atoms with van der Waals surface area (Å²) in [5, 5.41) is 10.6. The van der Waals surface area contributed by atoms with Gasteiger partial charge in [-0.15, -0.1) is 0 Å². The normalized spacial score (nSPS) is 11.7. The van der Waals surface area contributed by atoms with E-state index >= 15 is 0 Å². The molecule has 0 aliphatic carbocycles. The minimum Gasteiger partial charge on any atom is -0.237 e. The van der Waals surface area contributed by atoms with E-state index in [1.165, 1.54) is 28.4 Å². The fraction of sp³-hybridized carbons (Fsp3) is 0.0690. The number of aromatic nitrogens is 4. The molecule has 2 aromatic carbocycles. The maximum atomic E-state index is 12.9. The molecule has 0 bridgehead atoms. The Balaban J connectivity index is 0.000000171. The predicted molar refractivity (Wildman–Crippen MR) is 180 cm³/mol. The Morgan fingerprint density at radius 2 is 1.12 bits per heavy atom. The minimum absolute atomic E-state index is 0.0231. The molecular weight excluding hydrogens is 833 g/mol. The van der Waals surface area contributed by atoms with E-state index in [1.54, 1.807) is 60.8 Å². The number of fused-ring (bicyclic) bond motifs is 2. The van der Waals surface area contributed by atoms with Gasteiger partial charge in [-0.05, 0) is 117 Å². The highest BCUT2D eigenvalue weighted by molar-refractivity contribution is 14.1. The molecule has 0 amide bonds. The van der Waals surface area contributed by atoms with E-state index in [0.29, 0.717) is 19.2 Å². The largest absolute Gasteiger partial charge is 0.270 e. The van der Waals surface area contributed by atoms with Crippen molar-refractivity contribution in [2.75, 3.05) is 0 Å². The standard InChI is InChI=1S/C15H10BrN3O2S.C14H10BrIN2O2S/c1-10-2-4-12(5-3-10)22(20,21)19-11(9-17)8-13-14(16)6-7-18-15(13)19;1-9-2-4-10(5-3-9)21(19,20)18-13(16)8-11-12(15)6-7-17-14(11)18/h2-8H,1H3;2-8H,1H3. The molecule has 6 aromatic rings. The van der Waals surface area contributed by atoms with Gasteiger partial charge in [-0.1, -0.05) is 35.4 Å². The summed E-state index contributed by atoms with van der Waals surface area (Å²) in [4.78, 5) is 8.72. The second kappa shape index (κ2) is 12.1. The number of hydrogen-bond acceptors (Lipinski definition) is 7. The second-order valence-corrected chi connectivity index (χ2v) is 15.7. The first-order valence-electron chi connectivity index (χ1n) is 12.4. The molecule has 43 heavy (non-hydrogen) atoms. The van der Waals surface area contributed by atoms with E-state index < -0.39 is 20.0 Å². The van der Waals surface area contributed by atoms with E-state index in [9.17, 15) is 22.1 Å². The van der Waals surface area contributed by atoms with Gasteiger partial charge in [-0.25, -0.2) is 34.7 Å². The Morgan fingerprint density at radius 1 is 0.698 bits per heavy atom. The molecule has 0 atom stereocenters. The van der Waals surface area contributed by atoms with E-state index in [0.717, 1.165) is 25.0 Å². The summed E-state index contributed by atoms with van der Waals surface area (Å²) < 4.78 is 55.8. The Bertz CT molecular complexity index is 2280. The zero-order valence-electron chi connectivity index (χ0n) is 22.4. The highest BCUT2D eigenvalue weighted by atomic mass is 127. The summed E-state index contributed by atoms with van der Waals surface area (Å²) in [6.07, 6.45) is 3.08. The van der Waals surface area contributed by atoms with Crippen molar-refractivity contribution >= 4 is 96.6 Å². The number of pyridine rings is 2. The quantitative estimate of drug-likeness (QED) is 0.172. The number of benzene rings is 2. The molecule has 0 radical (unpaired) electrons. The first-order chi connectivity index (χ1) is 20.4. The lowest BCUT2D eigenvalue weighted by molar-refractivity contribution is 0.586. The summed E-state index contributed by atoms with van der Waals surface area (Å²) in [5.41, 5.74) is 2.65. The SMILES string of the molecule is Cc1ccc(S(=O)(=O)n2c(C#N)cc3c(Br)ccnc32)cc1.Cc1ccc(S(=O)(=O)n2c(I)cc3c(Br)ccnc32)cc1. The Morgan fingerprint density at radius 3 is 1.58 bits per heavy atom. The third-order valence-corrected chi connectivity index (χ3v) is 12.3. The number of halogens is 3. The van der Waals surface area contributed by atoms with Gasteiger partial charge in [-0.3, -0.25) is 0 Å². The first kappa shape index (κ1) is 31.3. The Hall–Kier alpha value is -3.10. The third kappa shape index (κ3) is 5.88. The van der Waals surface area contributed by atoms with Crippen molar-refractivity contribution in [2.45, 2.75) is 23.6 Å². The fourth-order valence-electron chi connectivity index (χ4n) is 4.24. The lowest BCUT2D eigenvalue weighted by atomic mass is 10.2. The van der Waals surface area contributed by atoms with Crippen LogP contribution < -0.4 is 0 Å². The van der Waals surface area contributed by atoms with Crippen LogP contribution in [0.5, 0.6) is 0 Å². The smallest absolute Gasteiger partial charge is 0.237 e. The van der Waals surface area contributed by atoms with Crippen LogP contribution in [0.4, 0.5) is 0 Å². The highest BCUT2D eigenvalue weighted by Crippen LogP contribution is 2.31. The summed E-state index contributed by atoms with van der Waals surface area (Å²) in [7, 11) is -7.55. The van der Waals surface area contributed by atoms with Crippen molar-refractivity contribution in [1.29, 1.82) is 5.26 Å². The molecule has 0 spiro atoms. The van der Waals surface area contributed by atoms with Crippen molar-refractivity contribution in [3.8, 4) is 6.07 Å². The Kier molecular flexibility index (Phi) is 8.83. The zero-order chi connectivity index (χ0) is 31.1. The molecule has 6 rings (SSSR count). The van der Waals surface area contributed by atoms with Crippen LogP contribution in [-0.2, 0) is 20.0 Å². The van der Waals surface area contributed by atoms with Gasteiger partial charge in [0.05, 0.1) is 13.5 Å². The third-order valence-electron chi connectivity index (χ3n) is 6.41. The van der Waals surface area contributed by atoms with Crippen molar-refractivity contribution in [1.82, 2.24) is 17.9 Å². The van der Waals surface area contributed by atoms with Gasteiger partial charge in [0.15, 0.2) is 11.3 Å². The molecule has 0 unspecified atom stereocenters. The van der Waals surface area contributed by atoms with Crippen LogP contribution in [0.1, 0.15) is 16.8 Å². The molecule has 0 aliphatic rings. The maximum absolute atomic E-state index is 12.9. The highest BCUT2D eigenvalue weighted by Gasteiger charge is 2.25. The minimum atomic E-state index is -3.89. The Labute approximate surface area is 278 Å². The van der Waals surface area contributed by atoms with Gasteiger partial charge in [0.25, 0.3) is 20.0 Å². The molecule has 9 nitrogen and oxygen atoms in total. The molecule has 0 saturated carbocycles. The molecule has 14 heteroatoms. The van der Waals surface area contributed by atoms with Gasteiger partial charge in [0.2, 0.25) is 0 Å². The molecule has 0 fully saturated rings. The van der Waals surface area contributed by atoms with Gasteiger partial charge in [-0.2, -0.15) is 5.26 Å². The molecule has 4 aromatic heterocycles. The number of nitrogens with zero attached hydrogens (tertiary/aromatic N) is 5. The molecular formula is C29H20Br2IN5O4S2. The van der Waals surface area contributed by atoms with Crippen LogP contribution in [0, 0.1) is 28.9 Å². The van der Waals surface area contributed by atoms with E-state index in [2.05, 4.69) is 41.8 Å². The van der Waals surface area contributed by atoms with Gasteiger partial charge < -0.3 is 0 Å². The van der Waals surface area contributed by atoms with E-state index in [1.807, 2.05) is 42.5 Å². The maximum Gasteiger partial charge on any atom is 0.270 e. The lowest BCUT2D eigenvalue weighted by Crippen LogP contribution is -2.15. The summed E-state index contributed by atoms with van der Waals surface area (Å²) in [5.74, 6) is 0. The first-order valence-corrected chi connectivity index (χ1v) is 17.9. The number of rotatable bonds is 4. The van der Waals surface area contributed by atoms with Crippen molar-refractivity contribution in [3.05, 3.63) is 115 Å². The zero-order valence-corrected chi connectivity index (χ0v) is 29.4. The van der Waals surface area contributed by atoms with Gasteiger partial charge in [0.1, 0.15) is 11.8 Å². The van der Waals surface area contributed by atoms with E-state index in [4.69, 9.17) is 0 Å². The topological polar surface area (TPSA) is 128 Å². The molecule has 0 saturated heterocycles. The summed E-state index contributed by atoms with van der Waals surface area (Å²) >= 11 is 8.79. The second-order valence-electron chi connectivity index (χ2n) is 9.33. The van der Waals surface area contributed by atoms with Crippen LogP contribution in [-0.4, -0.2) is 34.7 Å². The molecule has 0 aliphatic heterocycles.